The second kappa shape index (κ2) is 9.21. The molecule has 3 nitrogen and oxygen atoms in total. The van der Waals surface area contributed by atoms with Crippen LogP contribution < -0.4 is 0 Å². The van der Waals surface area contributed by atoms with Crippen LogP contribution in [0, 0.1) is 18.3 Å². The predicted octanol–water partition coefficient (Wildman–Crippen LogP) is 5.59. The predicted molar refractivity (Wildman–Crippen MR) is 118 cm³/mol. The summed E-state index contributed by atoms with van der Waals surface area (Å²) in [6.45, 7) is 26.0. The van der Waals surface area contributed by atoms with Gasteiger partial charge in [-0.1, -0.05) is 47.6 Å². The van der Waals surface area contributed by atoms with Crippen LogP contribution in [-0.4, -0.2) is 40.6 Å². The van der Waals surface area contributed by atoms with E-state index in [0.717, 1.165) is 0 Å². The summed E-state index contributed by atoms with van der Waals surface area (Å²) >= 11 is 0. The van der Waals surface area contributed by atoms with E-state index in [0.29, 0.717) is 6.42 Å². The van der Waals surface area contributed by atoms with E-state index in [4.69, 9.17) is 15.3 Å². The molecule has 0 unspecified atom stereocenters. The minimum absolute atomic E-state index is 0.0354. The molecule has 0 aromatic heterocycles. The lowest BCUT2D eigenvalue weighted by Crippen LogP contribution is -2.51. The lowest BCUT2D eigenvalue weighted by Gasteiger charge is -2.44. The fraction of sp³-hybridized carbons (Fsp3) is 0.810. The van der Waals surface area contributed by atoms with Gasteiger partial charge in [-0.15, -0.1) is 18.9 Å². The third kappa shape index (κ3) is 6.65. The lowest BCUT2D eigenvalue weighted by atomic mass is 9.95. The van der Waals surface area contributed by atoms with Crippen LogP contribution in [0.3, 0.4) is 0 Å². The standard InChI is InChI=1S/C21H42O3Si2/c1-13-15-19(24-26(11,12)21(6,7)8)17(16-22)18(14-2)23-25(9,10)20(3,4)5/h1,14,17-19,22H,2,15-16H2,3-12H3/t17-,18-,19+/m1/s1. The molecule has 0 heterocycles. The number of hydrogen-bond acceptors (Lipinski definition) is 3. The van der Waals surface area contributed by atoms with Crippen molar-refractivity contribution in [3.8, 4) is 12.3 Å². The Hall–Kier alpha value is -0.386. The smallest absolute Gasteiger partial charge is 0.192 e. The molecule has 152 valence electrons. The first-order valence-electron chi connectivity index (χ1n) is 9.56. The SMILES string of the molecule is C#CC[C@H](O[Si](C)(C)C(C)(C)C)[C@H](CO)[C@@H](C=C)O[Si](C)(C)C(C)(C)C. The highest BCUT2D eigenvalue weighted by molar-refractivity contribution is 6.74. The minimum Gasteiger partial charge on any atom is -0.412 e. The van der Waals surface area contributed by atoms with E-state index in [1.54, 1.807) is 6.08 Å². The van der Waals surface area contributed by atoms with Crippen molar-refractivity contribution in [2.24, 2.45) is 5.92 Å². The minimum atomic E-state index is -2.02. The van der Waals surface area contributed by atoms with E-state index in [1.807, 2.05) is 0 Å². The molecule has 0 radical (unpaired) electrons. The van der Waals surface area contributed by atoms with Gasteiger partial charge in [0.05, 0.1) is 18.8 Å². The van der Waals surface area contributed by atoms with Gasteiger partial charge in [-0.25, -0.2) is 0 Å². The molecular formula is C21H42O3Si2. The average Bonchev–Trinajstić information content (AvgIpc) is 2.44. The molecule has 0 aromatic rings. The molecule has 3 atom stereocenters. The number of hydrogen-bond donors (Lipinski definition) is 1. The van der Waals surface area contributed by atoms with Gasteiger partial charge in [0, 0.05) is 12.3 Å². The molecule has 0 saturated heterocycles. The number of rotatable bonds is 9. The number of aliphatic hydroxyl groups is 1. The van der Waals surface area contributed by atoms with Crippen molar-refractivity contribution < 1.29 is 14.0 Å². The molecule has 26 heavy (non-hydrogen) atoms. The van der Waals surface area contributed by atoms with Gasteiger partial charge in [0.1, 0.15) is 0 Å². The topological polar surface area (TPSA) is 38.7 Å². The van der Waals surface area contributed by atoms with Crippen molar-refractivity contribution in [2.45, 2.75) is 96.4 Å². The summed E-state index contributed by atoms with van der Waals surface area (Å²) in [5, 5.41) is 10.3. The van der Waals surface area contributed by atoms with Gasteiger partial charge in [0.15, 0.2) is 16.6 Å². The molecule has 0 aliphatic heterocycles. The van der Waals surface area contributed by atoms with Gasteiger partial charge >= 0.3 is 0 Å². The Morgan fingerprint density at radius 3 is 1.73 bits per heavy atom. The highest BCUT2D eigenvalue weighted by atomic mass is 28.4. The van der Waals surface area contributed by atoms with Gasteiger partial charge in [0.25, 0.3) is 0 Å². The highest BCUT2D eigenvalue weighted by Gasteiger charge is 2.44. The maximum absolute atomic E-state index is 10.2. The Balaban J connectivity index is 5.68. The van der Waals surface area contributed by atoms with E-state index in [1.165, 1.54) is 0 Å². The van der Waals surface area contributed by atoms with Crippen LogP contribution >= 0.6 is 0 Å². The molecule has 0 saturated carbocycles. The zero-order valence-electron chi connectivity index (χ0n) is 18.8. The van der Waals surface area contributed by atoms with Crippen molar-refractivity contribution >= 4 is 16.6 Å². The Bertz CT molecular complexity index is 493. The van der Waals surface area contributed by atoms with Gasteiger partial charge in [0.2, 0.25) is 0 Å². The molecule has 1 N–H and O–H groups in total. The largest absolute Gasteiger partial charge is 0.412 e. The quantitative estimate of drug-likeness (QED) is 0.313. The van der Waals surface area contributed by atoms with E-state index < -0.39 is 16.6 Å². The number of terminal acetylenes is 1. The highest BCUT2D eigenvalue weighted by Crippen LogP contribution is 2.41. The number of aliphatic hydroxyl groups excluding tert-OH is 1. The maximum atomic E-state index is 10.2. The Morgan fingerprint density at radius 1 is 1.00 bits per heavy atom. The molecule has 0 aromatic carbocycles. The van der Waals surface area contributed by atoms with Gasteiger partial charge in [-0.05, 0) is 36.3 Å². The van der Waals surface area contributed by atoms with Crippen LogP contribution in [0.4, 0.5) is 0 Å². The maximum Gasteiger partial charge on any atom is 0.192 e. The van der Waals surface area contributed by atoms with E-state index in [2.05, 4.69) is 80.2 Å². The van der Waals surface area contributed by atoms with Crippen molar-refractivity contribution in [1.29, 1.82) is 0 Å². The molecule has 5 heteroatoms. The summed E-state index contributed by atoms with van der Waals surface area (Å²) in [4.78, 5) is 0. The summed E-state index contributed by atoms with van der Waals surface area (Å²) in [5.74, 6) is 2.52. The Kier molecular flexibility index (Phi) is 9.07. The lowest BCUT2D eigenvalue weighted by molar-refractivity contribution is 0.0171. The first-order valence-corrected chi connectivity index (χ1v) is 15.4. The van der Waals surface area contributed by atoms with E-state index in [-0.39, 0.29) is 34.8 Å². The summed E-state index contributed by atoms with van der Waals surface area (Å²) in [6, 6.07) is 0. The van der Waals surface area contributed by atoms with Crippen LogP contribution in [-0.2, 0) is 8.85 Å². The van der Waals surface area contributed by atoms with Crippen molar-refractivity contribution in [3.05, 3.63) is 12.7 Å². The van der Waals surface area contributed by atoms with Crippen LogP contribution in [0.5, 0.6) is 0 Å². The first kappa shape index (κ1) is 25.6. The van der Waals surface area contributed by atoms with Gasteiger partial charge < -0.3 is 14.0 Å². The first-order chi connectivity index (χ1) is 11.5. The van der Waals surface area contributed by atoms with Crippen LogP contribution in [0.2, 0.25) is 36.3 Å². The van der Waals surface area contributed by atoms with Crippen LogP contribution in [0.1, 0.15) is 48.0 Å². The molecule has 0 amide bonds. The second-order valence-corrected chi connectivity index (χ2v) is 19.8. The second-order valence-electron chi connectivity index (χ2n) is 10.2. The monoisotopic (exact) mass is 398 g/mol. The summed E-state index contributed by atoms with van der Waals surface area (Å²) in [5.41, 5.74) is 0. The molecule has 0 rings (SSSR count). The third-order valence-corrected chi connectivity index (χ3v) is 15.1. The molecule has 0 spiro atoms. The summed E-state index contributed by atoms with van der Waals surface area (Å²) < 4.78 is 13.2. The molecule has 0 fully saturated rings. The Labute approximate surface area is 164 Å². The summed E-state index contributed by atoms with van der Waals surface area (Å²) in [6.07, 6.45) is 7.39. The van der Waals surface area contributed by atoms with Crippen LogP contribution in [0.15, 0.2) is 12.7 Å². The van der Waals surface area contributed by atoms with Crippen molar-refractivity contribution in [3.63, 3.8) is 0 Å². The summed E-state index contributed by atoms with van der Waals surface area (Å²) in [7, 11) is -4.03. The van der Waals surface area contributed by atoms with Crippen molar-refractivity contribution in [2.75, 3.05) is 6.61 Å². The normalized spacial score (nSPS) is 17.3. The van der Waals surface area contributed by atoms with Crippen LogP contribution in [0.25, 0.3) is 0 Å². The van der Waals surface area contributed by atoms with E-state index in [9.17, 15) is 5.11 Å². The Morgan fingerprint density at radius 2 is 1.42 bits per heavy atom. The van der Waals surface area contributed by atoms with Crippen molar-refractivity contribution in [1.82, 2.24) is 0 Å². The zero-order valence-corrected chi connectivity index (χ0v) is 20.8. The molecular weight excluding hydrogens is 356 g/mol. The zero-order chi connectivity index (χ0) is 21.0. The molecule has 0 bridgehead atoms. The fourth-order valence-corrected chi connectivity index (χ4v) is 4.89. The van der Waals surface area contributed by atoms with E-state index >= 15 is 0 Å². The van der Waals surface area contributed by atoms with Gasteiger partial charge in [-0.2, -0.15) is 0 Å². The average molecular weight is 399 g/mol. The van der Waals surface area contributed by atoms with Gasteiger partial charge in [-0.3, -0.25) is 0 Å². The third-order valence-electron chi connectivity index (χ3n) is 6.15. The molecule has 0 aliphatic carbocycles. The molecule has 0 aliphatic rings. The fourth-order valence-electron chi connectivity index (χ4n) is 2.21.